The van der Waals surface area contributed by atoms with Gasteiger partial charge in [0.1, 0.15) is 5.75 Å². The van der Waals surface area contributed by atoms with Gasteiger partial charge >= 0.3 is 0 Å². The van der Waals surface area contributed by atoms with E-state index in [2.05, 4.69) is 15.5 Å². The third-order valence-corrected chi connectivity index (χ3v) is 5.02. The van der Waals surface area contributed by atoms with Crippen LogP contribution in [0.2, 0.25) is 0 Å². The van der Waals surface area contributed by atoms with Crippen LogP contribution in [0.4, 0.5) is 0 Å². The number of aromatic nitrogens is 2. The number of benzene rings is 2. The molecule has 0 unspecified atom stereocenters. The molecule has 0 spiro atoms. The Morgan fingerprint density at radius 1 is 1.11 bits per heavy atom. The summed E-state index contributed by atoms with van der Waals surface area (Å²) in [4.78, 5) is 12.3. The number of amides is 1. The van der Waals surface area contributed by atoms with Crippen LogP contribution in [0.15, 0.2) is 54.6 Å². The quantitative estimate of drug-likeness (QED) is 0.592. The smallest absolute Gasteiger partial charge is 0.282 e. The average Bonchev–Trinajstić information content (AvgIpc) is 3.18. The number of carbonyl (C=O) groups excluding carboxylic acids is 1. The van der Waals surface area contributed by atoms with Gasteiger partial charge in [-0.25, -0.2) is 0 Å². The Balaban J connectivity index is 1.63. The third-order valence-electron chi connectivity index (χ3n) is 3.66. The highest BCUT2D eigenvalue weighted by atomic mass is 35.5. The van der Waals surface area contributed by atoms with Crippen LogP contribution in [-0.2, 0) is 6.54 Å². The van der Waals surface area contributed by atoms with Crippen molar-refractivity contribution in [2.45, 2.75) is 26.5 Å². The molecule has 1 N–H and O–H groups in total. The molecule has 0 bridgehead atoms. The van der Waals surface area contributed by atoms with Crippen molar-refractivity contribution in [3.63, 3.8) is 0 Å². The maximum Gasteiger partial charge on any atom is 0.282 e. The molecule has 0 aliphatic carbocycles. The van der Waals surface area contributed by atoms with Gasteiger partial charge in [-0.1, -0.05) is 65.4 Å². The van der Waals surface area contributed by atoms with Crippen molar-refractivity contribution in [1.82, 2.24) is 15.5 Å². The van der Waals surface area contributed by atoms with E-state index < -0.39 is 0 Å². The molecule has 28 heavy (non-hydrogen) atoms. The van der Waals surface area contributed by atoms with E-state index >= 15 is 0 Å². The van der Waals surface area contributed by atoms with E-state index in [0.29, 0.717) is 16.6 Å². The number of nitrogens with one attached hydrogen (secondary N) is 1. The van der Waals surface area contributed by atoms with Gasteiger partial charge in [0.05, 0.1) is 11.1 Å². The van der Waals surface area contributed by atoms with Crippen LogP contribution >= 0.6 is 22.9 Å². The molecule has 0 saturated carbocycles. The number of carbonyl (C=O) groups is 1. The molecule has 0 atom stereocenters. The number of hydrogen-bond acceptors (Lipinski definition) is 5. The van der Waals surface area contributed by atoms with Gasteiger partial charge in [0, 0.05) is 6.54 Å². The lowest BCUT2D eigenvalue weighted by molar-refractivity contribution is 0.0950. The molecular formula is C21H20ClN3O2S. The fourth-order valence-corrected chi connectivity index (χ4v) is 3.34. The van der Waals surface area contributed by atoms with Crippen LogP contribution in [0.1, 0.15) is 39.8 Å². The van der Waals surface area contributed by atoms with Gasteiger partial charge in [-0.05, 0) is 43.2 Å². The summed E-state index contributed by atoms with van der Waals surface area (Å²) in [6.07, 6.45) is 1.91. The normalized spacial score (nSPS) is 11.5. The van der Waals surface area contributed by atoms with Gasteiger partial charge in [0.25, 0.3) is 5.91 Å². The Hall–Kier alpha value is -2.70. The minimum atomic E-state index is -0.271. The second kappa shape index (κ2) is 9.48. The Kier molecular flexibility index (Phi) is 6.79. The molecule has 0 radical (unpaired) electrons. The first-order valence-corrected chi connectivity index (χ1v) is 10.0. The number of rotatable bonds is 7. The Morgan fingerprint density at radius 2 is 1.79 bits per heavy atom. The zero-order chi connectivity index (χ0) is 19.9. The molecule has 0 aliphatic heterocycles. The molecule has 3 rings (SSSR count). The van der Waals surface area contributed by atoms with Crippen molar-refractivity contribution in [3.05, 3.63) is 75.7 Å². The second-order valence-electron chi connectivity index (χ2n) is 6.31. The van der Waals surface area contributed by atoms with Gasteiger partial charge in [-0.15, -0.1) is 10.2 Å². The SMILES string of the molecule is CC(C)Oc1ccc(/C=C(\Cl)c2nnc(C(=O)NCc3ccccc3)s2)cc1. The average molecular weight is 414 g/mol. The molecule has 3 aromatic rings. The lowest BCUT2D eigenvalue weighted by atomic mass is 10.2. The van der Waals surface area contributed by atoms with Crippen LogP contribution in [0.25, 0.3) is 11.1 Å². The van der Waals surface area contributed by atoms with E-state index in [1.165, 1.54) is 0 Å². The van der Waals surface area contributed by atoms with Crippen LogP contribution in [0.5, 0.6) is 5.75 Å². The maximum absolute atomic E-state index is 12.3. The van der Waals surface area contributed by atoms with Gasteiger partial charge in [0.2, 0.25) is 5.01 Å². The second-order valence-corrected chi connectivity index (χ2v) is 7.69. The molecule has 1 amide bonds. The Labute approximate surface area is 173 Å². The van der Waals surface area contributed by atoms with E-state index in [1.807, 2.05) is 68.4 Å². The number of halogens is 1. The zero-order valence-corrected chi connectivity index (χ0v) is 17.1. The summed E-state index contributed by atoms with van der Waals surface area (Å²) in [5, 5.41) is 12.0. The molecule has 7 heteroatoms. The van der Waals surface area contributed by atoms with Crippen LogP contribution in [0, 0.1) is 0 Å². The largest absolute Gasteiger partial charge is 0.491 e. The van der Waals surface area contributed by atoms with E-state index in [4.69, 9.17) is 16.3 Å². The number of ether oxygens (including phenoxy) is 1. The first-order valence-electron chi connectivity index (χ1n) is 8.81. The maximum atomic E-state index is 12.3. The highest BCUT2D eigenvalue weighted by molar-refractivity contribution is 7.15. The van der Waals surface area contributed by atoms with Crippen LogP contribution in [-0.4, -0.2) is 22.2 Å². The molecule has 2 aromatic carbocycles. The summed E-state index contributed by atoms with van der Waals surface area (Å²) in [6, 6.07) is 17.3. The molecule has 0 fully saturated rings. The summed E-state index contributed by atoms with van der Waals surface area (Å²) >= 11 is 7.52. The summed E-state index contributed by atoms with van der Waals surface area (Å²) < 4.78 is 5.62. The van der Waals surface area contributed by atoms with Crippen molar-refractivity contribution in [3.8, 4) is 5.75 Å². The zero-order valence-electron chi connectivity index (χ0n) is 15.6. The Morgan fingerprint density at radius 3 is 2.46 bits per heavy atom. The lowest BCUT2D eigenvalue weighted by Gasteiger charge is -2.09. The highest BCUT2D eigenvalue weighted by Crippen LogP contribution is 2.26. The summed E-state index contributed by atoms with van der Waals surface area (Å²) in [7, 11) is 0. The minimum Gasteiger partial charge on any atom is -0.491 e. The fraction of sp³-hybridized carbons (Fsp3) is 0.190. The third kappa shape index (κ3) is 5.65. The van der Waals surface area contributed by atoms with Gasteiger partial charge < -0.3 is 10.1 Å². The fourth-order valence-electron chi connectivity index (χ4n) is 2.39. The van der Waals surface area contributed by atoms with Gasteiger partial charge in [-0.2, -0.15) is 0 Å². The number of nitrogens with zero attached hydrogens (tertiary/aromatic N) is 2. The van der Waals surface area contributed by atoms with Crippen LogP contribution in [0.3, 0.4) is 0 Å². The minimum absolute atomic E-state index is 0.123. The van der Waals surface area contributed by atoms with Crippen molar-refractivity contribution in [2.24, 2.45) is 0 Å². The van der Waals surface area contributed by atoms with E-state index in [1.54, 1.807) is 6.08 Å². The molecule has 1 aromatic heterocycles. The first-order chi connectivity index (χ1) is 13.5. The Bertz CT molecular complexity index is 953. The summed E-state index contributed by atoms with van der Waals surface area (Å²) in [5.74, 6) is 0.531. The molecule has 144 valence electrons. The molecular weight excluding hydrogens is 394 g/mol. The summed E-state index contributed by atoms with van der Waals surface area (Å²) in [6.45, 7) is 4.39. The van der Waals surface area contributed by atoms with E-state index in [-0.39, 0.29) is 17.0 Å². The predicted octanol–water partition coefficient (Wildman–Crippen LogP) is 4.99. The monoisotopic (exact) mass is 413 g/mol. The van der Waals surface area contributed by atoms with Gasteiger partial charge in [0.15, 0.2) is 5.01 Å². The lowest BCUT2D eigenvalue weighted by Crippen LogP contribution is -2.22. The molecule has 5 nitrogen and oxygen atoms in total. The van der Waals surface area contributed by atoms with Crippen molar-refractivity contribution in [1.29, 1.82) is 0 Å². The first kappa shape index (κ1) is 20.0. The molecule has 0 aliphatic rings. The topological polar surface area (TPSA) is 64.1 Å². The summed E-state index contributed by atoms with van der Waals surface area (Å²) in [5.41, 5.74) is 1.93. The van der Waals surface area contributed by atoms with Crippen LogP contribution < -0.4 is 10.1 Å². The van der Waals surface area contributed by atoms with Crippen molar-refractivity contribution < 1.29 is 9.53 Å². The predicted molar refractivity (Wildman–Crippen MR) is 113 cm³/mol. The van der Waals surface area contributed by atoms with Gasteiger partial charge in [-0.3, -0.25) is 4.79 Å². The van der Waals surface area contributed by atoms with E-state index in [9.17, 15) is 4.79 Å². The number of hydrogen-bond donors (Lipinski definition) is 1. The molecule has 1 heterocycles. The molecule has 0 saturated heterocycles. The van der Waals surface area contributed by atoms with Crippen molar-refractivity contribution in [2.75, 3.05) is 0 Å². The van der Waals surface area contributed by atoms with Crippen molar-refractivity contribution >= 4 is 40.0 Å². The standard InChI is InChI=1S/C21H20ClN3O2S/c1-14(2)27-17-10-8-15(9-11-17)12-18(22)20-24-25-21(28-20)19(26)23-13-16-6-4-3-5-7-16/h3-12,14H,13H2,1-2H3,(H,23,26)/b18-12-. The van der Waals surface area contributed by atoms with E-state index in [0.717, 1.165) is 28.2 Å². The highest BCUT2D eigenvalue weighted by Gasteiger charge is 2.14.